The molecule has 0 N–H and O–H groups in total. The van der Waals surface area contributed by atoms with Gasteiger partial charge in [0.25, 0.3) is 0 Å². The summed E-state index contributed by atoms with van der Waals surface area (Å²) in [6.07, 6.45) is 18.8. The lowest BCUT2D eigenvalue weighted by Gasteiger charge is -2.45. The minimum Gasteiger partial charge on any atom is -0.0689 e. The average molecular weight is 389 g/mol. The van der Waals surface area contributed by atoms with Crippen LogP contribution in [-0.4, -0.2) is 8.07 Å². The van der Waals surface area contributed by atoms with E-state index in [1.54, 1.807) is 64.2 Å². The van der Waals surface area contributed by atoms with Crippen molar-refractivity contribution < 1.29 is 0 Å². The summed E-state index contributed by atoms with van der Waals surface area (Å²) in [5.41, 5.74) is 2.34. The van der Waals surface area contributed by atoms with Crippen LogP contribution >= 0.6 is 0 Å². The Morgan fingerprint density at radius 1 is 0.704 bits per heavy atom. The molecular weight excluding hydrogens is 340 g/mol. The van der Waals surface area contributed by atoms with Crippen LogP contribution < -0.4 is 0 Å². The van der Waals surface area contributed by atoms with E-state index in [4.69, 9.17) is 0 Å². The summed E-state index contributed by atoms with van der Waals surface area (Å²) in [4.78, 5) is 0. The molecule has 0 saturated heterocycles. The first-order valence-electron chi connectivity index (χ1n) is 12.9. The van der Waals surface area contributed by atoms with Gasteiger partial charge in [0.05, 0.1) is 8.07 Å². The van der Waals surface area contributed by atoms with Crippen molar-refractivity contribution in [3.63, 3.8) is 0 Å². The molecule has 0 heterocycles. The molecule has 0 radical (unpaired) electrons. The summed E-state index contributed by atoms with van der Waals surface area (Å²) in [5, 5.41) is 0. The molecule has 8 atom stereocenters. The van der Waals surface area contributed by atoms with Crippen LogP contribution in [0.25, 0.3) is 0 Å². The molecular formula is C26H48Si. The summed E-state index contributed by atoms with van der Waals surface area (Å²) in [5.74, 6) is 7.43. The normalized spacial score (nSPS) is 43.6. The van der Waals surface area contributed by atoms with E-state index in [-0.39, 0.29) is 0 Å². The maximum Gasteiger partial charge on any atom is 0.0541 e. The first-order chi connectivity index (χ1) is 12.9. The highest BCUT2D eigenvalue weighted by Gasteiger charge is 2.56. The van der Waals surface area contributed by atoms with E-state index in [2.05, 4.69) is 33.9 Å². The van der Waals surface area contributed by atoms with Gasteiger partial charge >= 0.3 is 0 Å². The van der Waals surface area contributed by atoms with E-state index in [9.17, 15) is 0 Å². The molecule has 1 heteroatoms. The van der Waals surface area contributed by atoms with Gasteiger partial charge in [-0.1, -0.05) is 91.7 Å². The topological polar surface area (TPSA) is 0 Å². The van der Waals surface area contributed by atoms with E-state index >= 15 is 0 Å². The van der Waals surface area contributed by atoms with Crippen LogP contribution in [0.3, 0.4) is 0 Å². The van der Waals surface area contributed by atoms with Crippen LogP contribution in [0.2, 0.25) is 24.2 Å². The molecule has 8 unspecified atom stereocenters. The minimum atomic E-state index is -1.18. The Hall–Kier alpha value is 0.217. The van der Waals surface area contributed by atoms with Gasteiger partial charge in [-0.15, -0.1) is 0 Å². The first-order valence-corrected chi connectivity index (χ1v) is 16.0. The molecule has 0 bridgehead atoms. The average Bonchev–Trinajstić information content (AvgIpc) is 3.24. The summed E-state index contributed by atoms with van der Waals surface area (Å²) in [7, 11) is -1.18. The minimum absolute atomic E-state index is 0.879. The van der Waals surface area contributed by atoms with Crippen molar-refractivity contribution in [2.24, 2.45) is 41.4 Å². The zero-order valence-corrected chi connectivity index (χ0v) is 20.2. The second-order valence-electron chi connectivity index (χ2n) is 12.4. The molecule has 4 aliphatic carbocycles. The molecule has 0 nitrogen and oxygen atoms in total. The summed E-state index contributed by atoms with van der Waals surface area (Å²) < 4.78 is 0. The highest BCUT2D eigenvalue weighted by Crippen LogP contribution is 2.63. The van der Waals surface area contributed by atoms with Crippen molar-refractivity contribution in [3.05, 3.63) is 0 Å². The molecule has 156 valence electrons. The molecule has 4 rings (SSSR count). The molecule has 0 amide bonds. The van der Waals surface area contributed by atoms with Crippen LogP contribution in [0.1, 0.15) is 97.8 Å². The molecule has 0 aromatic heterocycles. The monoisotopic (exact) mass is 388 g/mol. The quantitative estimate of drug-likeness (QED) is 0.414. The standard InChI is InChI=1S/C26H48Si/c1-18(2)16-19(3)24-17-26(23-13-9-8-12-22(23)24)27(4,5)25-15-14-20-10-6-7-11-21(20)25/h18-26H,6-17H2,1-5H3. The molecule has 27 heavy (non-hydrogen) atoms. The van der Waals surface area contributed by atoms with Gasteiger partial charge in [0.1, 0.15) is 0 Å². The van der Waals surface area contributed by atoms with E-state index in [1.807, 2.05) is 0 Å². The predicted molar refractivity (Wildman–Crippen MR) is 122 cm³/mol. The number of hydrogen-bond donors (Lipinski definition) is 0. The fraction of sp³-hybridized carbons (Fsp3) is 1.00. The van der Waals surface area contributed by atoms with Crippen LogP contribution in [0.5, 0.6) is 0 Å². The first kappa shape index (κ1) is 20.5. The zero-order chi connectivity index (χ0) is 19.2. The van der Waals surface area contributed by atoms with Crippen molar-refractivity contribution in [1.82, 2.24) is 0 Å². The van der Waals surface area contributed by atoms with Gasteiger partial charge in [-0.25, -0.2) is 0 Å². The van der Waals surface area contributed by atoms with Crippen LogP contribution in [0, 0.1) is 41.4 Å². The lowest BCUT2D eigenvalue weighted by Crippen LogP contribution is -2.43. The third-order valence-electron chi connectivity index (χ3n) is 10.3. The van der Waals surface area contributed by atoms with Gasteiger partial charge in [0.15, 0.2) is 0 Å². The van der Waals surface area contributed by atoms with Gasteiger partial charge in [0, 0.05) is 0 Å². The van der Waals surface area contributed by atoms with E-state index in [1.165, 1.54) is 18.4 Å². The van der Waals surface area contributed by atoms with Gasteiger partial charge in [-0.05, 0) is 71.8 Å². The maximum atomic E-state index is 2.88. The van der Waals surface area contributed by atoms with Crippen LogP contribution in [0.15, 0.2) is 0 Å². The van der Waals surface area contributed by atoms with Crippen molar-refractivity contribution in [1.29, 1.82) is 0 Å². The van der Waals surface area contributed by atoms with Gasteiger partial charge in [-0.3, -0.25) is 0 Å². The largest absolute Gasteiger partial charge is 0.0689 e. The van der Waals surface area contributed by atoms with Gasteiger partial charge in [-0.2, -0.15) is 0 Å². The third-order valence-corrected chi connectivity index (χ3v) is 15.5. The zero-order valence-electron chi connectivity index (χ0n) is 19.2. The van der Waals surface area contributed by atoms with E-state index < -0.39 is 8.07 Å². The SMILES string of the molecule is CC(C)CC(C)C1CC([Si](C)(C)C2CCC3CCCCC32)C2CCCCC12. The van der Waals surface area contributed by atoms with Crippen molar-refractivity contribution in [2.75, 3.05) is 0 Å². The fourth-order valence-electron chi connectivity index (χ4n) is 9.22. The Kier molecular flexibility index (Phi) is 6.19. The summed E-state index contributed by atoms with van der Waals surface area (Å²) >= 11 is 0. The molecule has 4 aliphatic rings. The second kappa shape index (κ2) is 8.15. The smallest absolute Gasteiger partial charge is 0.0541 e. The molecule has 4 fully saturated rings. The number of fused-ring (bicyclic) bond motifs is 2. The van der Waals surface area contributed by atoms with E-state index in [0.717, 1.165) is 47.0 Å². The molecule has 0 spiro atoms. The lowest BCUT2D eigenvalue weighted by atomic mass is 9.73. The molecule has 4 saturated carbocycles. The highest BCUT2D eigenvalue weighted by molar-refractivity contribution is 6.80. The molecule has 0 aromatic carbocycles. The van der Waals surface area contributed by atoms with Gasteiger partial charge in [0.2, 0.25) is 0 Å². The lowest BCUT2D eigenvalue weighted by molar-refractivity contribution is 0.172. The van der Waals surface area contributed by atoms with Crippen molar-refractivity contribution in [3.8, 4) is 0 Å². The molecule has 0 aliphatic heterocycles. The summed E-state index contributed by atoms with van der Waals surface area (Å²) in [6.45, 7) is 13.3. The Labute approximate surface area is 171 Å². The van der Waals surface area contributed by atoms with E-state index in [0.29, 0.717) is 0 Å². The predicted octanol–water partition coefficient (Wildman–Crippen LogP) is 8.54. The Bertz CT molecular complexity index is 494. The van der Waals surface area contributed by atoms with Crippen LogP contribution in [-0.2, 0) is 0 Å². The Morgan fingerprint density at radius 3 is 2.04 bits per heavy atom. The Balaban J connectivity index is 1.54. The van der Waals surface area contributed by atoms with Crippen LogP contribution in [0.4, 0.5) is 0 Å². The third kappa shape index (κ3) is 3.85. The number of rotatable bonds is 5. The van der Waals surface area contributed by atoms with Crippen molar-refractivity contribution >= 4 is 8.07 Å². The number of hydrogen-bond acceptors (Lipinski definition) is 0. The van der Waals surface area contributed by atoms with Gasteiger partial charge < -0.3 is 0 Å². The van der Waals surface area contributed by atoms with Crippen molar-refractivity contribution in [2.45, 2.75) is 122 Å². The molecule has 0 aromatic rings. The Morgan fingerprint density at radius 2 is 1.33 bits per heavy atom. The second-order valence-corrected chi connectivity index (χ2v) is 17.6. The summed E-state index contributed by atoms with van der Waals surface area (Å²) in [6, 6.07) is 0. The maximum absolute atomic E-state index is 2.88. The fourth-order valence-corrected chi connectivity index (χ4v) is 14.6. The highest BCUT2D eigenvalue weighted by atomic mass is 28.3.